The number of hydrogen-bond acceptors (Lipinski definition) is 3. The zero-order valence-corrected chi connectivity index (χ0v) is 12.2. The quantitative estimate of drug-likeness (QED) is 0.640. The van der Waals surface area contributed by atoms with Crippen LogP contribution in [0, 0.1) is 11.3 Å². The van der Waals surface area contributed by atoms with Gasteiger partial charge in [0.15, 0.2) is 0 Å². The lowest BCUT2D eigenvalue weighted by Crippen LogP contribution is -2.59. The van der Waals surface area contributed by atoms with Gasteiger partial charge < -0.3 is 9.84 Å². The first-order valence-corrected chi connectivity index (χ1v) is 6.81. The summed E-state index contributed by atoms with van der Waals surface area (Å²) in [6.07, 6.45) is 3.53. The molecule has 1 N–H and O–H groups in total. The van der Waals surface area contributed by atoms with E-state index in [1.807, 2.05) is 0 Å². The molecule has 1 spiro atoms. The Hall–Kier alpha value is -1.13. The fraction of sp³-hybridized carbons (Fsp3) is 0.533. The van der Waals surface area contributed by atoms with Gasteiger partial charge in [-0.25, -0.2) is 4.39 Å². The maximum Gasteiger partial charge on any atom is 0.308 e. The molecule has 2 fully saturated rings. The van der Waals surface area contributed by atoms with Crippen molar-refractivity contribution in [2.75, 3.05) is 7.11 Å². The van der Waals surface area contributed by atoms with Crippen LogP contribution < -0.4 is 0 Å². The van der Waals surface area contributed by atoms with Crippen molar-refractivity contribution < 1.29 is 19.0 Å². The Bertz CT molecular complexity index is 495. The molecule has 0 heterocycles. The summed E-state index contributed by atoms with van der Waals surface area (Å²) in [6, 6.07) is 0. The normalized spacial score (nSPS) is 36.0. The van der Waals surface area contributed by atoms with Crippen LogP contribution in [0.2, 0.25) is 0 Å². The minimum atomic E-state index is -1.11. The number of esters is 1. The summed E-state index contributed by atoms with van der Waals surface area (Å²) in [5, 5.41) is 10.2. The van der Waals surface area contributed by atoms with Crippen LogP contribution >= 0.6 is 11.6 Å². The monoisotopic (exact) mass is 300 g/mol. The van der Waals surface area contributed by atoms with Crippen molar-refractivity contribution in [1.29, 1.82) is 0 Å². The predicted octanol–water partition coefficient (Wildman–Crippen LogP) is 3.24. The lowest BCUT2D eigenvalue weighted by atomic mass is 9.45. The van der Waals surface area contributed by atoms with Crippen molar-refractivity contribution in [2.24, 2.45) is 11.3 Å². The van der Waals surface area contributed by atoms with E-state index in [1.54, 1.807) is 0 Å². The van der Waals surface area contributed by atoms with Gasteiger partial charge in [0.05, 0.1) is 23.7 Å². The van der Waals surface area contributed by atoms with Gasteiger partial charge in [0, 0.05) is 0 Å². The highest BCUT2D eigenvalue weighted by molar-refractivity contribution is 6.31. The van der Waals surface area contributed by atoms with Crippen LogP contribution in [0.15, 0.2) is 35.7 Å². The van der Waals surface area contributed by atoms with Gasteiger partial charge in [0.1, 0.15) is 5.83 Å². The minimum absolute atomic E-state index is 0.0289. The smallest absolute Gasteiger partial charge is 0.308 e. The Balaban J connectivity index is 1.92. The Labute approximate surface area is 122 Å². The van der Waals surface area contributed by atoms with E-state index in [9.17, 15) is 14.3 Å². The van der Waals surface area contributed by atoms with Crippen molar-refractivity contribution >= 4 is 17.6 Å². The molecule has 0 unspecified atom stereocenters. The second kappa shape index (κ2) is 5.01. The molecule has 0 saturated heterocycles. The Kier molecular flexibility index (Phi) is 3.82. The summed E-state index contributed by atoms with van der Waals surface area (Å²) in [5.74, 6) is -0.964. The van der Waals surface area contributed by atoms with Gasteiger partial charge in [-0.1, -0.05) is 24.8 Å². The number of rotatable bonds is 4. The van der Waals surface area contributed by atoms with Crippen LogP contribution in [0.3, 0.4) is 0 Å². The molecule has 2 rings (SSSR count). The number of carbonyl (C=O) groups is 1. The summed E-state index contributed by atoms with van der Waals surface area (Å²) in [5.41, 5.74) is -0.840. The van der Waals surface area contributed by atoms with Crippen LogP contribution in [0.5, 0.6) is 0 Å². The molecule has 0 radical (unpaired) electrons. The second-order valence-electron chi connectivity index (χ2n) is 5.94. The van der Waals surface area contributed by atoms with Crippen LogP contribution in [-0.4, -0.2) is 23.8 Å². The maximum atomic E-state index is 13.4. The van der Waals surface area contributed by atoms with Crippen LogP contribution in [0.1, 0.15) is 25.7 Å². The lowest BCUT2D eigenvalue weighted by Gasteiger charge is -2.61. The lowest BCUT2D eigenvalue weighted by molar-refractivity contribution is -0.182. The van der Waals surface area contributed by atoms with Gasteiger partial charge in [0.25, 0.3) is 0 Å². The van der Waals surface area contributed by atoms with E-state index >= 15 is 0 Å². The number of aliphatic hydroxyl groups is 1. The van der Waals surface area contributed by atoms with Crippen LogP contribution in [-0.2, 0) is 9.53 Å². The zero-order chi connectivity index (χ0) is 15.1. The van der Waals surface area contributed by atoms with E-state index in [2.05, 4.69) is 13.2 Å². The van der Waals surface area contributed by atoms with E-state index in [1.165, 1.54) is 7.11 Å². The standard InChI is InChI=1S/C15H18ClFO3/c1-9(4-12(17)10(2)16)15(19)7-14(8-15)5-11(6-14)13(18)20-3/h4,11,19H,1-2,5-8H2,3H3/b12-4+. The van der Waals surface area contributed by atoms with E-state index in [0.717, 1.165) is 6.08 Å². The minimum Gasteiger partial charge on any atom is -0.469 e. The number of methoxy groups -OCH3 is 1. The van der Waals surface area contributed by atoms with Gasteiger partial charge in [-0.05, 0) is 42.7 Å². The van der Waals surface area contributed by atoms with Gasteiger partial charge in [-0.15, -0.1) is 0 Å². The Morgan fingerprint density at radius 1 is 1.45 bits per heavy atom. The molecule has 0 amide bonds. The molecule has 0 aliphatic heterocycles. The van der Waals surface area contributed by atoms with Gasteiger partial charge in [-0.3, -0.25) is 4.79 Å². The molecule has 0 aromatic heterocycles. The Morgan fingerprint density at radius 2 is 2.00 bits per heavy atom. The SMILES string of the molecule is C=C(Cl)/C(F)=C\C(=C)C1(O)CC2(CC(C(=O)OC)C2)C1. The highest BCUT2D eigenvalue weighted by Crippen LogP contribution is 2.64. The number of allylic oxidation sites excluding steroid dienone is 2. The number of ether oxygens (including phenoxy) is 1. The highest BCUT2D eigenvalue weighted by atomic mass is 35.5. The van der Waals surface area contributed by atoms with Gasteiger partial charge in [-0.2, -0.15) is 0 Å². The van der Waals surface area contributed by atoms with Crippen LogP contribution in [0.4, 0.5) is 4.39 Å². The molecule has 20 heavy (non-hydrogen) atoms. The first-order chi connectivity index (χ1) is 9.21. The molecule has 2 aliphatic rings. The molecule has 5 heteroatoms. The highest BCUT2D eigenvalue weighted by Gasteiger charge is 2.61. The summed E-state index contributed by atoms with van der Waals surface area (Å²) in [7, 11) is 1.37. The summed E-state index contributed by atoms with van der Waals surface area (Å²) >= 11 is 5.44. The van der Waals surface area contributed by atoms with Crippen LogP contribution in [0.25, 0.3) is 0 Å². The topological polar surface area (TPSA) is 46.5 Å². The maximum absolute atomic E-state index is 13.4. The largest absolute Gasteiger partial charge is 0.469 e. The van der Waals surface area contributed by atoms with E-state index in [0.29, 0.717) is 31.3 Å². The first kappa shape index (κ1) is 15.3. The van der Waals surface area contributed by atoms with E-state index in [4.69, 9.17) is 16.3 Å². The summed E-state index contributed by atoms with van der Waals surface area (Å²) in [4.78, 5) is 11.4. The summed E-state index contributed by atoms with van der Waals surface area (Å²) < 4.78 is 18.1. The first-order valence-electron chi connectivity index (χ1n) is 6.43. The summed E-state index contributed by atoms with van der Waals surface area (Å²) in [6.45, 7) is 6.98. The third-order valence-electron chi connectivity index (χ3n) is 4.39. The number of hydrogen-bond donors (Lipinski definition) is 1. The number of halogens is 2. The number of carbonyl (C=O) groups excluding carboxylic acids is 1. The van der Waals surface area contributed by atoms with Crippen molar-refractivity contribution in [3.05, 3.63) is 35.7 Å². The average Bonchev–Trinajstić information content (AvgIpc) is 2.30. The third-order valence-corrected chi connectivity index (χ3v) is 4.57. The van der Waals surface area contributed by atoms with E-state index in [-0.39, 0.29) is 22.3 Å². The fourth-order valence-electron chi connectivity index (χ4n) is 3.39. The molecule has 0 aromatic rings. The molecule has 0 aromatic carbocycles. The Morgan fingerprint density at radius 3 is 2.45 bits per heavy atom. The van der Waals surface area contributed by atoms with Gasteiger partial charge in [0.2, 0.25) is 0 Å². The zero-order valence-electron chi connectivity index (χ0n) is 11.4. The fourth-order valence-corrected chi connectivity index (χ4v) is 3.44. The molecule has 0 atom stereocenters. The van der Waals surface area contributed by atoms with Crippen molar-refractivity contribution in [3.8, 4) is 0 Å². The van der Waals surface area contributed by atoms with E-state index < -0.39 is 11.4 Å². The van der Waals surface area contributed by atoms with Gasteiger partial charge >= 0.3 is 5.97 Å². The van der Waals surface area contributed by atoms with Crippen molar-refractivity contribution in [3.63, 3.8) is 0 Å². The predicted molar refractivity (Wildman–Crippen MR) is 74.7 cm³/mol. The molecule has 110 valence electrons. The molecule has 3 nitrogen and oxygen atoms in total. The molecule has 2 aliphatic carbocycles. The molecular formula is C15H18ClFO3. The second-order valence-corrected chi connectivity index (χ2v) is 6.39. The van der Waals surface area contributed by atoms with Crippen molar-refractivity contribution in [1.82, 2.24) is 0 Å². The molecular weight excluding hydrogens is 283 g/mol. The average molecular weight is 301 g/mol. The van der Waals surface area contributed by atoms with Crippen molar-refractivity contribution in [2.45, 2.75) is 31.3 Å². The molecule has 2 saturated carbocycles. The molecule has 0 bridgehead atoms. The third kappa shape index (κ3) is 2.54.